The largest absolute Gasteiger partial charge is 0.347 e. The van der Waals surface area contributed by atoms with Gasteiger partial charge in [0.2, 0.25) is 0 Å². The predicted octanol–water partition coefficient (Wildman–Crippen LogP) is 3.00. The molecule has 1 aromatic carbocycles. The lowest BCUT2D eigenvalue weighted by molar-refractivity contribution is 0.101. The number of nitrogens with zero attached hydrogens (tertiary/aromatic N) is 1. The first-order valence-electron chi connectivity index (χ1n) is 5.28. The highest BCUT2D eigenvalue weighted by Crippen LogP contribution is 2.24. The Balaban J connectivity index is 2.22. The minimum Gasteiger partial charge on any atom is -0.347 e. The van der Waals surface area contributed by atoms with Gasteiger partial charge in [-0.1, -0.05) is 12.1 Å². The molecule has 1 heterocycles. The molecular weight excluding hydrogens is 232 g/mol. The van der Waals surface area contributed by atoms with E-state index in [9.17, 15) is 4.79 Å². The molecule has 1 amide bonds. The number of carbonyl (C=O) groups excluding carboxylic acids is 1. The third-order valence-corrected chi connectivity index (χ3v) is 3.33. The molecular formula is C13H14N2OS. The van der Waals surface area contributed by atoms with E-state index in [4.69, 9.17) is 0 Å². The number of thioether (sulfide) groups is 1. The number of anilines is 1. The van der Waals surface area contributed by atoms with E-state index in [1.165, 1.54) is 0 Å². The standard InChI is InChI=1S/C13H14N2OS/c1-15-9-5-7-11(15)13(16)14-10-6-3-4-8-12(10)17-2/h3-9H,1-2H3,(H,14,16). The van der Waals surface area contributed by atoms with Crippen molar-refractivity contribution in [1.29, 1.82) is 0 Å². The Morgan fingerprint density at radius 3 is 2.65 bits per heavy atom. The van der Waals surface area contributed by atoms with Gasteiger partial charge in [0.25, 0.3) is 5.91 Å². The van der Waals surface area contributed by atoms with Gasteiger partial charge in [0.1, 0.15) is 5.69 Å². The molecule has 0 saturated heterocycles. The molecule has 0 radical (unpaired) electrons. The summed E-state index contributed by atoms with van der Waals surface area (Å²) in [6, 6.07) is 11.4. The van der Waals surface area contributed by atoms with Crippen molar-refractivity contribution in [3.05, 3.63) is 48.3 Å². The van der Waals surface area contributed by atoms with Gasteiger partial charge in [-0.05, 0) is 30.5 Å². The smallest absolute Gasteiger partial charge is 0.272 e. The zero-order valence-corrected chi connectivity index (χ0v) is 10.6. The van der Waals surface area contributed by atoms with Crippen LogP contribution in [-0.4, -0.2) is 16.7 Å². The van der Waals surface area contributed by atoms with Crippen LogP contribution >= 0.6 is 11.8 Å². The van der Waals surface area contributed by atoms with Crippen LogP contribution in [0.4, 0.5) is 5.69 Å². The Hall–Kier alpha value is -1.68. The van der Waals surface area contributed by atoms with Crippen molar-refractivity contribution >= 4 is 23.4 Å². The highest BCUT2D eigenvalue weighted by atomic mass is 32.2. The molecule has 0 aliphatic rings. The minimum absolute atomic E-state index is 0.0843. The molecule has 0 spiro atoms. The second-order valence-electron chi connectivity index (χ2n) is 3.66. The van der Waals surface area contributed by atoms with Crippen molar-refractivity contribution in [2.75, 3.05) is 11.6 Å². The Bertz CT molecular complexity index is 534. The molecule has 2 rings (SSSR count). The summed E-state index contributed by atoms with van der Waals surface area (Å²) in [5.41, 5.74) is 1.51. The Morgan fingerprint density at radius 1 is 1.24 bits per heavy atom. The fourth-order valence-electron chi connectivity index (χ4n) is 1.63. The fraction of sp³-hybridized carbons (Fsp3) is 0.154. The third kappa shape index (κ3) is 2.53. The molecule has 0 fully saturated rings. The van der Waals surface area contributed by atoms with E-state index in [1.807, 2.05) is 49.8 Å². The first-order valence-corrected chi connectivity index (χ1v) is 6.50. The maximum atomic E-state index is 12.0. The summed E-state index contributed by atoms with van der Waals surface area (Å²) < 4.78 is 1.80. The number of rotatable bonds is 3. The zero-order valence-electron chi connectivity index (χ0n) is 9.81. The van der Waals surface area contributed by atoms with Gasteiger partial charge < -0.3 is 9.88 Å². The summed E-state index contributed by atoms with van der Waals surface area (Å²) in [6.45, 7) is 0. The predicted molar refractivity (Wildman–Crippen MR) is 71.6 cm³/mol. The van der Waals surface area contributed by atoms with Gasteiger partial charge in [-0.15, -0.1) is 11.8 Å². The van der Waals surface area contributed by atoms with E-state index in [0.29, 0.717) is 5.69 Å². The van der Waals surface area contributed by atoms with Crippen molar-refractivity contribution in [2.45, 2.75) is 4.90 Å². The lowest BCUT2D eigenvalue weighted by Gasteiger charge is -2.09. The zero-order chi connectivity index (χ0) is 12.3. The average Bonchev–Trinajstić information content (AvgIpc) is 2.76. The first kappa shape index (κ1) is 11.8. The van der Waals surface area contributed by atoms with E-state index >= 15 is 0 Å². The van der Waals surface area contributed by atoms with Gasteiger partial charge in [0, 0.05) is 18.1 Å². The van der Waals surface area contributed by atoms with Crippen molar-refractivity contribution < 1.29 is 4.79 Å². The molecule has 0 bridgehead atoms. The average molecular weight is 246 g/mol. The SMILES string of the molecule is CSc1ccccc1NC(=O)c1cccn1C. The Morgan fingerprint density at radius 2 is 2.00 bits per heavy atom. The summed E-state index contributed by atoms with van der Waals surface area (Å²) in [4.78, 5) is 13.1. The molecule has 0 atom stereocenters. The van der Waals surface area contributed by atoms with Crippen LogP contribution < -0.4 is 5.32 Å². The van der Waals surface area contributed by atoms with Gasteiger partial charge >= 0.3 is 0 Å². The monoisotopic (exact) mass is 246 g/mol. The first-order chi connectivity index (χ1) is 8.22. The molecule has 88 valence electrons. The topological polar surface area (TPSA) is 34.0 Å². The maximum Gasteiger partial charge on any atom is 0.272 e. The van der Waals surface area contributed by atoms with Crippen LogP contribution in [0, 0.1) is 0 Å². The highest BCUT2D eigenvalue weighted by Gasteiger charge is 2.10. The second kappa shape index (κ2) is 5.10. The van der Waals surface area contributed by atoms with Gasteiger partial charge in [0.15, 0.2) is 0 Å². The van der Waals surface area contributed by atoms with Gasteiger partial charge in [-0.2, -0.15) is 0 Å². The highest BCUT2D eigenvalue weighted by molar-refractivity contribution is 7.98. The molecule has 4 heteroatoms. The summed E-state index contributed by atoms with van der Waals surface area (Å²) in [7, 11) is 1.86. The summed E-state index contributed by atoms with van der Waals surface area (Å²) in [5.74, 6) is -0.0843. The normalized spacial score (nSPS) is 10.2. The number of carbonyl (C=O) groups is 1. The molecule has 3 nitrogen and oxygen atoms in total. The quantitative estimate of drug-likeness (QED) is 0.845. The summed E-state index contributed by atoms with van der Waals surface area (Å²) in [5, 5.41) is 2.92. The molecule has 0 unspecified atom stereocenters. The number of hydrogen-bond acceptors (Lipinski definition) is 2. The maximum absolute atomic E-state index is 12.0. The molecule has 1 aromatic heterocycles. The minimum atomic E-state index is -0.0843. The number of hydrogen-bond donors (Lipinski definition) is 1. The molecule has 1 N–H and O–H groups in total. The number of aromatic nitrogens is 1. The number of para-hydroxylation sites is 1. The van der Waals surface area contributed by atoms with E-state index in [0.717, 1.165) is 10.6 Å². The van der Waals surface area contributed by atoms with Crippen LogP contribution in [-0.2, 0) is 7.05 Å². The lowest BCUT2D eigenvalue weighted by Crippen LogP contribution is -2.15. The number of aryl methyl sites for hydroxylation is 1. The van der Waals surface area contributed by atoms with Crippen LogP contribution in [0.15, 0.2) is 47.5 Å². The summed E-state index contributed by atoms with van der Waals surface area (Å²) in [6.07, 6.45) is 3.85. The van der Waals surface area contributed by atoms with Crippen LogP contribution in [0.5, 0.6) is 0 Å². The number of benzene rings is 1. The lowest BCUT2D eigenvalue weighted by atomic mass is 10.3. The fourth-order valence-corrected chi connectivity index (χ4v) is 2.18. The second-order valence-corrected chi connectivity index (χ2v) is 4.51. The van der Waals surface area contributed by atoms with Crippen LogP contribution in [0.25, 0.3) is 0 Å². The Kier molecular flexibility index (Phi) is 3.54. The summed E-state index contributed by atoms with van der Waals surface area (Å²) >= 11 is 1.62. The van der Waals surface area contributed by atoms with Crippen molar-refractivity contribution in [1.82, 2.24) is 4.57 Å². The van der Waals surface area contributed by atoms with Crippen molar-refractivity contribution in [2.24, 2.45) is 7.05 Å². The van der Waals surface area contributed by atoms with Gasteiger partial charge in [-0.3, -0.25) is 4.79 Å². The van der Waals surface area contributed by atoms with Crippen molar-refractivity contribution in [3.8, 4) is 0 Å². The van der Waals surface area contributed by atoms with Crippen molar-refractivity contribution in [3.63, 3.8) is 0 Å². The molecule has 0 saturated carbocycles. The van der Waals surface area contributed by atoms with Crippen LogP contribution in [0.3, 0.4) is 0 Å². The molecule has 2 aromatic rings. The van der Waals surface area contributed by atoms with Gasteiger partial charge in [-0.25, -0.2) is 0 Å². The van der Waals surface area contributed by atoms with Crippen LogP contribution in [0.1, 0.15) is 10.5 Å². The molecule has 0 aliphatic carbocycles. The van der Waals surface area contributed by atoms with E-state index in [1.54, 1.807) is 22.4 Å². The van der Waals surface area contributed by atoms with E-state index in [-0.39, 0.29) is 5.91 Å². The Labute approximate surface area is 105 Å². The number of amides is 1. The van der Waals surface area contributed by atoms with Crippen LogP contribution in [0.2, 0.25) is 0 Å². The molecule has 17 heavy (non-hydrogen) atoms. The molecule has 0 aliphatic heterocycles. The number of nitrogens with one attached hydrogen (secondary N) is 1. The van der Waals surface area contributed by atoms with E-state index in [2.05, 4.69) is 5.32 Å². The third-order valence-electron chi connectivity index (χ3n) is 2.53. The van der Waals surface area contributed by atoms with E-state index < -0.39 is 0 Å². The van der Waals surface area contributed by atoms with Gasteiger partial charge in [0.05, 0.1) is 5.69 Å².